The van der Waals surface area contributed by atoms with Crippen molar-refractivity contribution in [2.75, 3.05) is 26.4 Å². The zero-order chi connectivity index (χ0) is 40.1. The number of carbonyl (C=O) groups excluding carboxylic acids is 2. The van der Waals surface area contributed by atoms with Gasteiger partial charge < -0.3 is 29.7 Å². The number of esters is 2. The van der Waals surface area contributed by atoms with E-state index in [4.69, 9.17) is 19.1 Å². The maximum Gasteiger partial charge on any atom is 0.472 e. The first-order chi connectivity index (χ1) is 26.0. The van der Waals surface area contributed by atoms with E-state index in [0.29, 0.717) is 19.3 Å². The fourth-order valence-corrected chi connectivity index (χ4v) is 6.00. The molecule has 0 saturated carbocycles. The molecule has 0 rings (SSSR count). The third-order valence-electron chi connectivity index (χ3n) is 8.58. The molecule has 314 valence electrons. The Hall–Kier alpha value is -2.11. The predicted molar refractivity (Wildman–Crippen MR) is 216 cm³/mol. The predicted octanol–water partition coefficient (Wildman–Crippen LogP) is 9.38. The van der Waals surface area contributed by atoms with Crippen molar-refractivity contribution in [2.24, 2.45) is 5.92 Å². The molecule has 0 aliphatic carbocycles. The van der Waals surface area contributed by atoms with Crippen LogP contribution >= 0.6 is 7.82 Å². The van der Waals surface area contributed by atoms with Gasteiger partial charge in [0.25, 0.3) is 0 Å². The number of hydrogen-bond donors (Lipinski definition) is 4. The molecule has 4 atom stereocenters. The Morgan fingerprint density at radius 2 is 1.11 bits per heavy atom. The van der Waals surface area contributed by atoms with Crippen molar-refractivity contribution in [3.63, 3.8) is 0 Å². The topological polar surface area (TPSA) is 169 Å². The van der Waals surface area contributed by atoms with Crippen LogP contribution in [0.25, 0.3) is 0 Å². The third-order valence-corrected chi connectivity index (χ3v) is 9.53. The van der Waals surface area contributed by atoms with Gasteiger partial charge in [-0.2, -0.15) is 0 Å². The first-order valence-corrected chi connectivity index (χ1v) is 22.0. The Morgan fingerprint density at radius 3 is 1.67 bits per heavy atom. The Morgan fingerprint density at radius 1 is 0.611 bits per heavy atom. The average molecular weight is 787 g/mol. The highest BCUT2D eigenvalue weighted by Crippen LogP contribution is 2.43. The maximum atomic E-state index is 12.6. The number of rotatable bonds is 37. The number of allylic oxidation sites excluding steroid dienone is 8. The fraction of sp³-hybridized carbons (Fsp3) is 0.762. The van der Waals surface area contributed by atoms with E-state index in [1.807, 2.05) is 19.1 Å². The van der Waals surface area contributed by atoms with E-state index in [1.54, 1.807) is 0 Å². The van der Waals surface area contributed by atoms with Crippen molar-refractivity contribution in [1.29, 1.82) is 0 Å². The molecule has 0 saturated heterocycles. The minimum Gasteiger partial charge on any atom is -0.462 e. The van der Waals surface area contributed by atoms with Crippen LogP contribution in [-0.4, -0.2) is 76.9 Å². The summed E-state index contributed by atoms with van der Waals surface area (Å²) >= 11 is 0. The number of phosphoric ester groups is 1. The molecular formula is C42H75O11P. The summed E-state index contributed by atoms with van der Waals surface area (Å²) in [6.45, 7) is 4.31. The molecule has 0 spiro atoms. The summed E-state index contributed by atoms with van der Waals surface area (Å²) in [5.74, 6) is -0.228. The van der Waals surface area contributed by atoms with Gasteiger partial charge >= 0.3 is 19.8 Å². The lowest BCUT2D eigenvalue weighted by molar-refractivity contribution is -0.161. The van der Waals surface area contributed by atoms with Crippen molar-refractivity contribution >= 4 is 19.8 Å². The van der Waals surface area contributed by atoms with Gasteiger partial charge in [-0.15, -0.1) is 0 Å². The van der Waals surface area contributed by atoms with Crippen LogP contribution in [0.5, 0.6) is 0 Å². The van der Waals surface area contributed by atoms with Gasteiger partial charge in [-0.3, -0.25) is 18.6 Å². The van der Waals surface area contributed by atoms with E-state index >= 15 is 0 Å². The maximum absolute atomic E-state index is 12.6. The number of aliphatic hydroxyl groups is 3. The lowest BCUT2D eigenvalue weighted by Crippen LogP contribution is -2.29. The molecule has 0 radical (unpaired) electrons. The summed E-state index contributed by atoms with van der Waals surface area (Å²) in [5, 5.41) is 27.8. The SMILES string of the molecule is CC[C@@H](O)CC/C=C\C/C=C\C/C=C\C/C=C\CCCC(=O)O[C@H](COC(=O)CCCCCCCCCCCCC(C)C)COP(=O)(O)OC[C@@H](O)CO. The zero-order valence-electron chi connectivity index (χ0n) is 33.7. The monoisotopic (exact) mass is 787 g/mol. The Bertz CT molecular complexity index is 1070. The van der Waals surface area contributed by atoms with Crippen molar-refractivity contribution in [1.82, 2.24) is 0 Å². The summed E-state index contributed by atoms with van der Waals surface area (Å²) in [4.78, 5) is 34.9. The van der Waals surface area contributed by atoms with E-state index in [9.17, 15) is 29.3 Å². The van der Waals surface area contributed by atoms with Crippen molar-refractivity contribution in [3.8, 4) is 0 Å². The van der Waals surface area contributed by atoms with Crippen molar-refractivity contribution in [2.45, 2.75) is 174 Å². The Balaban J connectivity index is 4.45. The molecule has 12 heteroatoms. The molecule has 1 unspecified atom stereocenters. The number of hydrogen-bond acceptors (Lipinski definition) is 10. The van der Waals surface area contributed by atoms with Gasteiger partial charge in [0.2, 0.25) is 0 Å². The summed E-state index contributed by atoms with van der Waals surface area (Å²) < 4.78 is 32.6. The first-order valence-electron chi connectivity index (χ1n) is 20.5. The van der Waals surface area contributed by atoms with Crippen LogP contribution in [0.1, 0.15) is 156 Å². The van der Waals surface area contributed by atoms with Gasteiger partial charge in [0.15, 0.2) is 6.10 Å². The normalized spacial score (nSPS) is 15.1. The van der Waals surface area contributed by atoms with Gasteiger partial charge in [-0.05, 0) is 63.7 Å². The smallest absolute Gasteiger partial charge is 0.462 e. The molecular weight excluding hydrogens is 711 g/mol. The minimum atomic E-state index is -4.64. The summed E-state index contributed by atoms with van der Waals surface area (Å²) in [6, 6.07) is 0. The van der Waals surface area contributed by atoms with Crippen LogP contribution in [0.4, 0.5) is 0 Å². The van der Waals surface area contributed by atoms with Crippen LogP contribution in [0.15, 0.2) is 48.6 Å². The van der Waals surface area contributed by atoms with E-state index < -0.39 is 51.8 Å². The van der Waals surface area contributed by atoms with Gasteiger partial charge in [-0.25, -0.2) is 4.57 Å². The lowest BCUT2D eigenvalue weighted by atomic mass is 10.0. The second-order valence-corrected chi connectivity index (χ2v) is 15.7. The van der Waals surface area contributed by atoms with Crippen LogP contribution < -0.4 is 0 Å². The van der Waals surface area contributed by atoms with Gasteiger partial charge in [0.1, 0.15) is 12.7 Å². The molecule has 11 nitrogen and oxygen atoms in total. The summed E-state index contributed by atoms with van der Waals surface area (Å²) in [6.07, 6.45) is 33.2. The van der Waals surface area contributed by atoms with Crippen molar-refractivity contribution < 1.29 is 52.9 Å². The number of unbranched alkanes of at least 4 members (excludes halogenated alkanes) is 10. The molecule has 0 aromatic carbocycles. The number of carbonyl (C=O) groups is 2. The first kappa shape index (κ1) is 51.9. The van der Waals surface area contributed by atoms with Gasteiger partial charge in [-0.1, -0.05) is 134 Å². The lowest BCUT2D eigenvalue weighted by Gasteiger charge is -2.20. The highest BCUT2D eigenvalue weighted by molar-refractivity contribution is 7.47. The van der Waals surface area contributed by atoms with Crippen LogP contribution in [0.2, 0.25) is 0 Å². The molecule has 0 amide bonds. The second-order valence-electron chi connectivity index (χ2n) is 14.3. The Labute approximate surface area is 326 Å². The van der Waals surface area contributed by atoms with Crippen LogP contribution in [0, 0.1) is 5.92 Å². The molecule has 0 aliphatic heterocycles. The number of ether oxygens (including phenoxy) is 2. The molecule has 4 N–H and O–H groups in total. The average Bonchev–Trinajstić information content (AvgIpc) is 3.14. The van der Waals surface area contributed by atoms with E-state index in [1.165, 1.54) is 44.9 Å². The highest BCUT2D eigenvalue weighted by Gasteiger charge is 2.27. The molecule has 0 fully saturated rings. The second kappa shape index (κ2) is 36.5. The highest BCUT2D eigenvalue weighted by atomic mass is 31.2. The minimum absolute atomic E-state index is 0.0944. The molecule has 0 aromatic rings. The van der Waals surface area contributed by atoms with Crippen LogP contribution in [0.3, 0.4) is 0 Å². The quantitative estimate of drug-likeness (QED) is 0.0205. The Kier molecular flexibility index (Phi) is 35.1. The molecule has 0 heterocycles. The molecule has 0 aromatic heterocycles. The standard InChI is InChI=1S/C42H75O11P/c1-4-38(44)30-26-22-18-14-9-7-5-6-8-10-16-20-24-28-32-42(47)53-40(36-52-54(48,49)51-34-39(45)33-43)35-50-41(46)31-27-23-19-15-12-11-13-17-21-25-29-37(2)3/h6-9,16,18,20,22,37-40,43-45H,4-5,10-15,17,19,21,23-36H2,1-3H3,(H,48,49)/b8-6-,9-7-,20-16-,22-18-/t38-,39+,40-/m1/s1. The largest absolute Gasteiger partial charge is 0.472 e. The molecule has 0 bridgehead atoms. The van der Waals surface area contributed by atoms with Crippen LogP contribution in [-0.2, 0) is 32.7 Å². The van der Waals surface area contributed by atoms with E-state index in [-0.39, 0.29) is 25.6 Å². The fourth-order valence-electron chi connectivity index (χ4n) is 5.21. The third kappa shape index (κ3) is 36.8. The molecule has 0 aliphatic rings. The summed E-state index contributed by atoms with van der Waals surface area (Å²) in [5.41, 5.74) is 0. The number of aliphatic hydroxyl groups excluding tert-OH is 3. The number of phosphoric acid groups is 1. The van der Waals surface area contributed by atoms with Gasteiger partial charge in [0, 0.05) is 12.8 Å². The van der Waals surface area contributed by atoms with E-state index in [2.05, 4.69) is 54.8 Å². The summed E-state index contributed by atoms with van der Waals surface area (Å²) in [7, 11) is -4.64. The van der Waals surface area contributed by atoms with E-state index in [0.717, 1.165) is 63.7 Å². The molecule has 54 heavy (non-hydrogen) atoms. The van der Waals surface area contributed by atoms with Gasteiger partial charge in [0.05, 0.1) is 25.9 Å². The van der Waals surface area contributed by atoms with Crippen molar-refractivity contribution in [3.05, 3.63) is 48.6 Å². The zero-order valence-corrected chi connectivity index (χ0v) is 34.6.